The first-order valence-corrected chi connectivity index (χ1v) is 6.83. The van der Waals surface area contributed by atoms with Crippen LogP contribution < -0.4 is 10.6 Å². The molecule has 19 heavy (non-hydrogen) atoms. The Labute approximate surface area is 123 Å². The second-order valence-corrected chi connectivity index (χ2v) is 4.86. The zero-order chi connectivity index (χ0) is 14.1. The van der Waals surface area contributed by atoms with Crippen molar-refractivity contribution >= 4 is 34.8 Å². The summed E-state index contributed by atoms with van der Waals surface area (Å²) >= 11 is 11.7. The summed E-state index contributed by atoms with van der Waals surface area (Å²) in [5, 5.41) is 6.89. The zero-order valence-corrected chi connectivity index (χ0v) is 12.4. The Hall–Kier alpha value is -0.810. The smallest absolute Gasteiger partial charge is 0.225 e. The number of methoxy groups -OCH3 is 1. The number of carbonyl (C=O) groups is 1. The van der Waals surface area contributed by atoms with E-state index < -0.39 is 0 Å². The Morgan fingerprint density at radius 2 is 2.11 bits per heavy atom. The molecule has 0 radical (unpaired) electrons. The SMILES string of the molecule is COCCCNCCC(=O)Nc1ccc(Cl)cc1Cl. The van der Waals surface area contributed by atoms with Crippen LogP contribution in [0.2, 0.25) is 10.0 Å². The highest BCUT2D eigenvalue weighted by atomic mass is 35.5. The molecule has 0 aliphatic heterocycles. The van der Waals surface area contributed by atoms with Crippen LogP contribution in [0.5, 0.6) is 0 Å². The molecule has 0 fully saturated rings. The van der Waals surface area contributed by atoms with E-state index in [2.05, 4.69) is 10.6 Å². The Morgan fingerprint density at radius 3 is 2.79 bits per heavy atom. The molecular weight excluding hydrogens is 287 g/mol. The van der Waals surface area contributed by atoms with Gasteiger partial charge in [-0.3, -0.25) is 4.79 Å². The third kappa shape index (κ3) is 6.78. The molecule has 1 aromatic carbocycles. The summed E-state index contributed by atoms with van der Waals surface area (Å²) in [5.41, 5.74) is 0.579. The van der Waals surface area contributed by atoms with Gasteiger partial charge < -0.3 is 15.4 Å². The summed E-state index contributed by atoms with van der Waals surface area (Å²) in [5.74, 6) is -0.0801. The van der Waals surface area contributed by atoms with E-state index in [9.17, 15) is 4.79 Å². The molecule has 4 nitrogen and oxygen atoms in total. The molecule has 1 rings (SSSR count). The molecule has 0 atom stereocenters. The van der Waals surface area contributed by atoms with Crippen molar-refractivity contribution in [1.29, 1.82) is 0 Å². The lowest BCUT2D eigenvalue weighted by atomic mass is 10.3. The number of carbonyl (C=O) groups excluding carboxylic acids is 1. The van der Waals surface area contributed by atoms with E-state index in [0.29, 0.717) is 28.7 Å². The summed E-state index contributed by atoms with van der Waals surface area (Å²) in [6.45, 7) is 2.18. The minimum atomic E-state index is -0.0801. The number of nitrogens with one attached hydrogen (secondary N) is 2. The van der Waals surface area contributed by atoms with E-state index in [1.54, 1.807) is 25.3 Å². The van der Waals surface area contributed by atoms with Crippen LogP contribution in [0, 0.1) is 0 Å². The van der Waals surface area contributed by atoms with E-state index in [-0.39, 0.29) is 5.91 Å². The van der Waals surface area contributed by atoms with Crippen LogP contribution in [0.25, 0.3) is 0 Å². The van der Waals surface area contributed by atoms with Crippen molar-refractivity contribution < 1.29 is 9.53 Å². The van der Waals surface area contributed by atoms with Gasteiger partial charge in [0.1, 0.15) is 0 Å². The minimum absolute atomic E-state index is 0.0801. The quantitative estimate of drug-likeness (QED) is 0.726. The van der Waals surface area contributed by atoms with Crippen molar-refractivity contribution in [2.24, 2.45) is 0 Å². The van der Waals surface area contributed by atoms with Crippen LogP contribution in [-0.4, -0.2) is 32.7 Å². The first-order chi connectivity index (χ1) is 9.13. The molecule has 6 heteroatoms. The number of anilines is 1. The van der Waals surface area contributed by atoms with Gasteiger partial charge in [0, 0.05) is 31.7 Å². The normalized spacial score (nSPS) is 10.5. The van der Waals surface area contributed by atoms with Gasteiger partial charge in [-0.05, 0) is 31.2 Å². The maximum atomic E-state index is 11.7. The molecule has 2 N–H and O–H groups in total. The molecule has 0 aliphatic carbocycles. The monoisotopic (exact) mass is 304 g/mol. The van der Waals surface area contributed by atoms with E-state index in [4.69, 9.17) is 27.9 Å². The molecular formula is C13H18Cl2N2O2. The third-order valence-corrected chi connectivity index (χ3v) is 2.98. The lowest BCUT2D eigenvalue weighted by molar-refractivity contribution is -0.116. The minimum Gasteiger partial charge on any atom is -0.385 e. The number of amides is 1. The molecule has 1 amide bonds. The van der Waals surface area contributed by atoms with Crippen LogP contribution in [0.4, 0.5) is 5.69 Å². The Bertz CT molecular complexity index is 414. The van der Waals surface area contributed by atoms with E-state index in [1.807, 2.05) is 0 Å². The van der Waals surface area contributed by atoms with Crippen LogP contribution in [0.1, 0.15) is 12.8 Å². The predicted molar refractivity (Wildman–Crippen MR) is 79.1 cm³/mol. The lowest BCUT2D eigenvalue weighted by Crippen LogP contribution is -2.23. The molecule has 0 saturated carbocycles. The number of hydrogen-bond donors (Lipinski definition) is 2. The highest BCUT2D eigenvalue weighted by Crippen LogP contribution is 2.25. The predicted octanol–water partition coefficient (Wildman–Crippen LogP) is 2.95. The van der Waals surface area contributed by atoms with Gasteiger partial charge >= 0.3 is 0 Å². The molecule has 0 bridgehead atoms. The summed E-state index contributed by atoms with van der Waals surface area (Å²) in [4.78, 5) is 11.7. The summed E-state index contributed by atoms with van der Waals surface area (Å²) in [7, 11) is 1.67. The van der Waals surface area contributed by atoms with Crippen molar-refractivity contribution in [3.63, 3.8) is 0 Å². The molecule has 0 spiro atoms. The summed E-state index contributed by atoms with van der Waals surface area (Å²) < 4.78 is 4.93. The summed E-state index contributed by atoms with van der Waals surface area (Å²) in [6.07, 6.45) is 1.33. The van der Waals surface area contributed by atoms with E-state index in [1.165, 1.54) is 0 Å². The lowest BCUT2D eigenvalue weighted by Gasteiger charge is -2.08. The van der Waals surface area contributed by atoms with Gasteiger partial charge in [-0.2, -0.15) is 0 Å². The highest BCUT2D eigenvalue weighted by Gasteiger charge is 2.05. The first kappa shape index (κ1) is 16.2. The topological polar surface area (TPSA) is 50.4 Å². The van der Waals surface area contributed by atoms with Gasteiger partial charge in [-0.25, -0.2) is 0 Å². The van der Waals surface area contributed by atoms with Gasteiger partial charge in [0.05, 0.1) is 10.7 Å². The van der Waals surface area contributed by atoms with E-state index in [0.717, 1.165) is 19.6 Å². The average Bonchev–Trinajstić information content (AvgIpc) is 2.37. The summed E-state index contributed by atoms with van der Waals surface area (Å²) in [6, 6.07) is 4.97. The second-order valence-electron chi connectivity index (χ2n) is 4.02. The van der Waals surface area contributed by atoms with Gasteiger partial charge in [-0.1, -0.05) is 23.2 Å². The third-order valence-electron chi connectivity index (χ3n) is 2.44. The Morgan fingerprint density at radius 1 is 1.32 bits per heavy atom. The standard InChI is InChI=1S/C13H18Cl2N2O2/c1-19-8-2-6-16-7-5-13(18)17-12-4-3-10(14)9-11(12)15/h3-4,9,16H,2,5-8H2,1H3,(H,17,18). The number of halogens is 2. The van der Waals surface area contributed by atoms with Gasteiger partial charge in [-0.15, -0.1) is 0 Å². The highest BCUT2D eigenvalue weighted by molar-refractivity contribution is 6.36. The van der Waals surface area contributed by atoms with Gasteiger partial charge in [0.25, 0.3) is 0 Å². The molecule has 106 valence electrons. The van der Waals surface area contributed by atoms with Crippen molar-refractivity contribution in [2.75, 3.05) is 32.1 Å². The van der Waals surface area contributed by atoms with Crippen molar-refractivity contribution in [1.82, 2.24) is 5.32 Å². The van der Waals surface area contributed by atoms with Gasteiger partial charge in [0.15, 0.2) is 0 Å². The second kappa shape index (κ2) is 9.15. The van der Waals surface area contributed by atoms with E-state index >= 15 is 0 Å². The van der Waals surface area contributed by atoms with Crippen molar-refractivity contribution in [2.45, 2.75) is 12.8 Å². The molecule has 0 aliphatic rings. The van der Waals surface area contributed by atoms with Crippen molar-refractivity contribution in [3.05, 3.63) is 28.2 Å². The number of hydrogen-bond acceptors (Lipinski definition) is 3. The van der Waals surface area contributed by atoms with Crippen LogP contribution in [0.3, 0.4) is 0 Å². The fraction of sp³-hybridized carbons (Fsp3) is 0.462. The average molecular weight is 305 g/mol. The molecule has 0 unspecified atom stereocenters. The Balaban J connectivity index is 2.23. The van der Waals surface area contributed by atoms with Gasteiger partial charge in [0.2, 0.25) is 5.91 Å². The maximum absolute atomic E-state index is 11.7. The first-order valence-electron chi connectivity index (χ1n) is 6.08. The largest absolute Gasteiger partial charge is 0.385 e. The zero-order valence-electron chi connectivity index (χ0n) is 10.8. The van der Waals surface area contributed by atoms with Crippen LogP contribution in [0.15, 0.2) is 18.2 Å². The molecule has 0 aromatic heterocycles. The Kier molecular flexibility index (Phi) is 7.82. The number of benzene rings is 1. The molecule has 1 aromatic rings. The fourth-order valence-electron chi connectivity index (χ4n) is 1.47. The van der Waals surface area contributed by atoms with Crippen LogP contribution in [-0.2, 0) is 9.53 Å². The number of ether oxygens (including phenoxy) is 1. The number of rotatable bonds is 8. The fourth-order valence-corrected chi connectivity index (χ4v) is 1.93. The molecule has 0 heterocycles. The molecule has 0 saturated heterocycles. The van der Waals surface area contributed by atoms with Crippen molar-refractivity contribution in [3.8, 4) is 0 Å². The van der Waals surface area contributed by atoms with Crippen LogP contribution >= 0.6 is 23.2 Å². The maximum Gasteiger partial charge on any atom is 0.225 e.